The molecule has 2 aliphatic heterocycles. The van der Waals surface area contributed by atoms with E-state index in [4.69, 9.17) is 10.8 Å². The van der Waals surface area contributed by atoms with Gasteiger partial charge in [-0.3, -0.25) is 4.79 Å². The third kappa shape index (κ3) is 4.27. The number of rotatable bonds is 6. The summed E-state index contributed by atoms with van der Waals surface area (Å²) < 4.78 is 0. The molecule has 0 bridgehead atoms. The van der Waals surface area contributed by atoms with E-state index in [2.05, 4.69) is 20.2 Å². The molecule has 2 saturated heterocycles. The highest BCUT2D eigenvalue weighted by molar-refractivity contribution is 5.96. The Morgan fingerprint density at radius 1 is 1.19 bits per heavy atom. The van der Waals surface area contributed by atoms with Gasteiger partial charge in [-0.15, -0.1) is 0 Å². The largest absolute Gasteiger partial charge is 0.478 e. The number of nitrogens with one attached hydrogen (secondary N) is 1. The van der Waals surface area contributed by atoms with Crippen LogP contribution in [0.25, 0.3) is 0 Å². The number of carbonyl (C=O) groups excluding carboxylic acids is 2. The molecule has 0 unspecified atom stereocenters. The van der Waals surface area contributed by atoms with Gasteiger partial charge in [0, 0.05) is 38.9 Å². The first-order valence-electron chi connectivity index (χ1n) is 10.4. The molecule has 32 heavy (non-hydrogen) atoms. The predicted molar refractivity (Wildman–Crippen MR) is 117 cm³/mol. The minimum atomic E-state index is -1.03. The number of aromatic nitrogens is 2. The minimum Gasteiger partial charge on any atom is -0.478 e. The van der Waals surface area contributed by atoms with Gasteiger partial charge < -0.3 is 30.9 Å². The molecule has 3 heterocycles. The van der Waals surface area contributed by atoms with Gasteiger partial charge in [-0.2, -0.15) is 0 Å². The van der Waals surface area contributed by atoms with E-state index >= 15 is 0 Å². The average molecular weight is 439 g/mol. The van der Waals surface area contributed by atoms with Crippen molar-refractivity contribution < 1.29 is 19.5 Å². The lowest BCUT2D eigenvalue weighted by Crippen LogP contribution is -2.49. The molecule has 11 nitrogen and oxygen atoms in total. The molecule has 3 amide bonds. The van der Waals surface area contributed by atoms with Crippen molar-refractivity contribution in [3.05, 3.63) is 41.7 Å². The number of nitrogens with zero attached hydrogens (tertiary/aromatic N) is 5. The van der Waals surface area contributed by atoms with Crippen molar-refractivity contribution in [1.82, 2.24) is 19.8 Å². The molecule has 0 spiro atoms. The second-order valence-electron chi connectivity index (χ2n) is 7.94. The van der Waals surface area contributed by atoms with E-state index in [0.29, 0.717) is 24.6 Å². The number of carboxylic acids is 1. The summed E-state index contributed by atoms with van der Waals surface area (Å²) in [6.07, 6.45) is 3.33. The van der Waals surface area contributed by atoms with Crippen LogP contribution in [0, 0.1) is 0 Å². The first kappa shape index (κ1) is 21.3. The van der Waals surface area contributed by atoms with Gasteiger partial charge in [-0.25, -0.2) is 19.6 Å². The molecule has 2 fully saturated rings. The van der Waals surface area contributed by atoms with Gasteiger partial charge in [0.2, 0.25) is 0 Å². The second-order valence-corrected chi connectivity index (χ2v) is 7.94. The summed E-state index contributed by atoms with van der Waals surface area (Å²) in [5.41, 5.74) is 6.15. The van der Waals surface area contributed by atoms with Gasteiger partial charge in [0.25, 0.3) is 5.91 Å². The van der Waals surface area contributed by atoms with Crippen molar-refractivity contribution in [2.24, 2.45) is 5.73 Å². The minimum absolute atomic E-state index is 0.0130. The van der Waals surface area contributed by atoms with Gasteiger partial charge in [0.1, 0.15) is 5.82 Å². The zero-order chi connectivity index (χ0) is 22.8. The number of anilines is 3. The molecule has 0 saturated carbocycles. The number of benzene rings is 1. The highest BCUT2D eigenvalue weighted by atomic mass is 16.4. The Hall–Kier alpha value is -3.89. The van der Waals surface area contributed by atoms with Crippen LogP contribution in [0.15, 0.2) is 30.5 Å². The number of likely N-dealkylation sites (N-methyl/N-ethyl adjacent to an activating group) is 1. The third-order valence-electron chi connectivity index (χ3n) is 5.80. The number of piperidine rings is 1. The van der Waals surface area contributed by atoms with Gasteiger partial charge in [0.15, 0.2) is 11.5 Å². The van der Waals surface area contributed by atoms with Crippen LogP contribution in [0.2, 0.25) is 0 Å². The average Bonchev–Trinajstić information content (AvgIpc) is 3.12. The fourth-order valence-corrected chi connectivity index (χ4v) is 4.06. The van der Waals surface area contributed by atoms with Crippen molar-refractivity contribution in [2.45, 2.75) is 18.9 Å². The molecule has 2 aliphatic rings. The van der Waals surface area contributed by atoms with Crippen LogP contribution in [-0.2, 0) is 0 Å². The van der Waals surface area contributed by atoms with Gasteiger partial charge in [0.05, 0.1) is 17.8 Å². The number of amides is 3. The molecule has 0 radical (unpaired) electrons. The predicted octanol–water partition coefficient (Wildman–Crippen LogP) is 1.35. The number of urea groups is 1. The lowest BCUT2D eigenvalue weighted by molar-refractivity contribution is 0.0696. The van der Waals surface area contributed by atoms with E-state index in [0.717, 1.165) is 25.9 Å². The van der Waals surface area contributed by atoms with E-state index in [1.165, 1.54) is 18.3 Å². The number of carboxylic acid groups (broad SMARTS) is 1. The van der Waals surface area contributed by atoms with Crippen molar-refractivity contribution >= 4 is 35.2 Å². The van der Waals surface area contributed by atoms with Crippen molar-refractivity contribution in [3.63, 3.8) is 0 Å². The van der Waals surface area contributed by atoms with Crippen molar-refractivity contribution in [3.8, 4) is 0 Å². The van der Waals surface area contributed by atoms with E-state index < -0.39 is 11.9 Å². The Morgan fingerprint density at radius 3 is 2.56 bits per heavy atom. The normalized spacial score (nSPS) is 18.7. The van der Waals surface area contributed by atoms with Crippen LogP contribution < -0.4 is 16.0 Å². The summed E-state index contributed by atoms with van der Waals surface area (Å²) in [5, 5.41) is 12.1. The Labute approximate surface area is 184 Å². The van der Waals surface area contributed by atoms with Crippen LogP contribution in [0.4, 0.5) is 22.1 Å². The van der Waals surface area contributed by atoms with Gasteiger partial charge >= 0.3 is 12.0 Å². The Kier molecular flexibility index (Phi) is 5.80. The third-order valence-corrected chi connectivity index (χ3v) is 5.80. The number of nitrogens with two attached hydrogens (primary N) is 1. The zero-order valence-corrected chi connectivity index (χ0v) is 17.7. The molecular formula is C21H25N7O4. The van der Waals surface area contributed by atoms with Crippen molar-refractivity contribution in [1.29, 1.82) is 0 Å². The monoisotopic (exact) mass is 439 g/mol. The molecule has 4 N–H and O–H groups in total. The van der Waals surface area contributed by atoms with Crippen LogP contribution in [0.3, 0.4) is 0 Å². The van der Waals surface area contributed by atoms with Crippen molar-refractivity contribution in [2.75, 3.05) is 43.4 Å². The summed E-state index contributed by atoms with van der Waals surface area (Å²) in [4.78, 5) is 49.8. The highest BCUT2D eigenvalue weighted by Crippen LogP contribution is 2.26. The van der Waals surface area contributed by atoms with E-state index in [-0.39, 0.29) is 29.1 Å². The molecule has 2 aromatic rings. The molecule has 1 atom stereocenters. The number of hydrogen-bond acceptors (Lipinski definition) is 7. The molecule has 168 valence electrons. The molecule has 0 aliphatic carbocycles. The maximum atomic E-state index is 12.4. The fourth-order valence-electron chi connectivity index (χ4n) is 4.06. The Morgan fingerprint density at radius 2 is 1.94 bits per heavy atom. The molecule has 1 aromatic carbocycles. The fraction of sp³-hybridized carbons (Fsp3) is 0.381. The number of hydrogen-bond donors (Lipinski definition) is 3. The quantitative estimate of drug-likeness (QED) is 0.612. The SMILES string of the molecule is CN1CCN([C@@H]2CCCN(c3cnc(C(N)=O)c(Nc4ccc(C(=O)O)cc4)n3)C2)C1=O. The molecule has 11 heteroatoms. The first-order chi connectivity index (χ1) is 15.3. The van der Waals surface area contributed by atoms with Crippen LogP contribution in [0.1, 0.15) is 33.7 Å². The number of aromatic carboxylic acids is 1. The Bertz CT molecular complexity index is 1040. The maximum Gasteiger partial charge on any atom is 0.335 e. The summed E-state index contributed by atoms with van der Waals surface area (Å²) in [7, 11) is 1.80. The number of primary amides is 1. The summed E-state index contributed by atoms with van der Waals surface area (Å²) in [6, 6.07) is 6.18. The van der Waals surface area contributed by atoms with E-state index in [1.54, 1.807) is 24.1 Å². The first-order valence-corrected chi connectivity index (χ1v) is 10.4. The van der Waals surface area contributed by atoms with E-state index in [9.17, 15) is 14.4 Å². The topological polar surface area (TPSA) is 145 Å². The van der Waals surface area contributed by atoms with Crippen LogP contribution in [0.5, 0.6) is 0 Å². The highest BCUT2D eigenvalue weighted by Gasteiger charge is 2.34. The standard InChI is InChI=1S/C21H25N7O4/c1-26-9-10-28(21(26)32)15-3-2-8-27(12-15)16-11-23-17(18(22)29)19(25-16)24-14-6-4-13(5-7-14)20(30)31/h4-7,11,15H,2-3,8-10,12H2,1H3,(H2,22,29)(H,24,25)(H,30,31)/t15-/m1/s1. The number of carbonyl (C=O) groups is 3. The van der Waals surface area contributed by atoms with Gasteiger partial charge in [-0.1, -0.05) is 0 Å². The van der Waals surface area contributed by atoms with Crippen LogP contribution in [-0.4, -0.2) is 82.1 Å². The molecular weight excluding hydrogens is 414 g/mol. The molecule has 4 rings (SSSR count). The van der Waals surface area contributed by atoms with E-state index in [1.807, 2.05) is 4.90 Å². The second kappa shape index (κ2) is 8.69. The lowest BCUT2D eigenvalue weighted by atomic mass is 10.0. The molecule has 1 aromatic heterocycles. The smallest absolute Gasteiger partial charge is 0.335 e. The zero-order valence-electron chi connectivity index (χ0n) is 17.7. The van der Waals surface area contributed by atoms with Crippen LogP contribution >= 0.6 is 0 Å². The Balaban J connectivity index is 1.56. The summed E-state index contributed by atoms with van der Waals surface area (Å²) in [6.45, 7) is 2.80. The summed E-state index contributed by atoms with van der Waals surface area (Å²) >= 11 is 0. The maximum absolute atomic E-state index is 12.4. The van der Waals surface area contributed by atoms with Gasteiger partial charge in [-0.05, 0) is 37.1 Å². The lowest BCUT2D eigenvalue weighted by Gasteiger charge is -2.37. The summed E-state index contributed by atoms with van der Waals surface area (Å²) in [5.74, 6) is -0.990.